The van der Waals surface area contributed by atoms with Gasteiger partial charge in [-0.25, -0.2) is 0 Å². The lowest BCUT2D eigenvalue weighted by Crippen LogP contribution is -2.50. The van der Waals surface area contributed by atoms with E-state index >= 15 is 0 Å². The van der Waals surface area contributed by atoms with Gasteiger partial charge in [0.15, 0.2) is 5.75 Å². The number of aliphatic hydroxyl groups excluding tert-OH is 1. The van der Waals surface area contributed by atoms with Gasteiger partial charge in [-0.05, 0) is 74.3 Å². The third kappa shape index (κ3) is 6.76. The molecule has 1 spiro atoms. The molecular formula is C36H43N3O5. The number of fused-ring (bicyclic) bond motifs is 2. The van der Waals surface area contributed by atoms with E-state index in [0.29, 0.717) is 49.4 Å². The van der Waals surface area contributed by atoms with Crippen LogP contribution in [-0.2, 0) is 17.6 Å². The van der Waals surface area contributed by atoms with Gasteiger partial charge in [-0.3, -0.25) is 9.59 Å². The van der Waals surface area contributed by atoms with Crippen LogP contribution in [0.15, 0.2) is 66.7 Å². The number of amides is 2. The number of hydrogen-bond donors (Lipinski definition) is 4. The highest BCUT2D eigenvalue weighted by Gasteiger charge is 2.43. The zero-order valence-electron chi connectivity index (χ0n) is 25.4. The van der Waals surface area contributed by atoms with Crippen LogP contribution < -0.4 is 25.4 Å². The van der Waals surface area contributed by atoms with Crippen molar-refractivity contribution < 1.29 is 24.2 Å². The summed E-state index contributed by atoms with van der Waals surface area (Å²) in [7, 11) is 0. The molecule has 0 unspecified atom stereocenters. The molecule has 8 heteroatoms. The third-order valence-corrected chi connectivity index (χ3v) is 9.26. The first kappa shape index (κ1) is 30.2. The molecule has 4 N–H and O–H groups in total. The van der Waals surface area contributed by atoms with Crippen molar-refractivity contribution in [2.24, 2.45) is 0 Å². The fourth-order valence-electron chi connectivity index (χ4n) is 6.84. The van der Waals surface area contributed by atoms with E-state index in [-0.39, 0.29) is 23.5 Å². The van der Waals surface area contributed by atoms with Crippen molar-refractivity contribution in [3.05, 3.63) is 89.0 Å². The predicted octanol–water partition coefficient (Wildman–Crippen LogP) is 5.49. The van der Waals surface area contributed by atoms with Gasteiger partial charge in [0, 0.05) is 31.0 Å². The molecule has 1 fully saturated rings. The number of para-hydroxylation sites is 1. The highest BCUT2D eigenvalue weighted by molar-refractivity contribution is 6.01. The molecule has 0 aromatic heterocycles. The lowest BCUT2D eigenvalue weighted by Gasteiger charge is -2.41. The molecule has 1 saturated carbocycles. The van der Waals surface area contributed by atoms with Crippen molar-refractivity contribution in [3.8, 4) is 11.5 Å². The van der Waals surface area contributed by atoms with Crippen LogP contribution in [0.4, 0.5) is 5.69 Å². The van der Waals surface area contributed by atoms with Crippen LogP contribution in [-0.4, -0.2) is 47.8 Å². The van der Waals surface area contributed by atoms with Crippen molar-refractivity contribution in [2.75, 3.05) is 18.5 Å². The number of benzene rings is 3. The largest absolute Gasteiger partial charge is 0.491 e. The number of ether oxygens (including phenoxy) is 2. The number of hydrogen-bond acceptors (Lipinski definition) is 6. The van der Waals surface area contributed by atoms with Gasteiger partial charge in [-0.1, -0.05) is 55.5 Å². The van der Waals surface area contributed by atoms with Gasteiger partial charge < -0.3 is 30.5 Å². The molecule has 2 aliphatic heterocycles. The number of aryl methyl sites for hydroxylation is 1. The second kappa shape index (κ2) is 13.4. The molecule has 2 heterocycles. The zero-order valence-corrected chi connectivity index (χ0v) is 25.4. The van der Waals surface area contributed by atoms with E-state index in [1.54, 1.807) is 18.2 Å². The highest BCUT2D eigenvalue weighted by atomic mass is 16.5. The molecule has 2 amide bonds. The van der Waals surface area contributed by atoms with Crippen LogP contribution >= 0.6 is 0 Å². The number of aliphatic hydroxyl groups is 1. The Labute approximate surface area is 259 Å². The minimum Gasteiger partial charge on any atom is -0.491 e. The molecule has 3 atom stereocenters. The van der Waals surface area contributed by atoms with E-state index in [2.05, 4.69) is 41.1 Å². The van der Waals surface area contributed by atoms with E-state index in [9.17, 15) is 14.7 Å². The van der Waals surface area contributed by atoms with Gasteiger partial charge in [-0.15, -0.1) is 0 Å². The Morgan fingerprint density at radius 2 is 1.86 bits per heavy atom. The lowest BCUT2D eigenvalue weighted by atomic mass is 9.85. The average Bonchev–Trinajstić information content (AvgIpc) is 3.48. The van der Waals surface area contributed by atoms with Crippen LogP contribution in [0, 0.1) is 0 Å². The first-order valence-electron chi connectivity index (χ1n) is 16.1. The van der Waals surface area contributed by atoms with Crippen LogP contribution in [0.25, 0.3) is 0 Å². The molecule has 232 valence electrons. The average molecular weight is 598 g/mol. The van der Waals surface area contributed by atoms with Crippen LogP contribution in [0.3, 0.4) is 0 Å². The van der Waals surface area contributed by atoms with Gasteiger partial charge in [0.2, 0.25) is 5.91 Å². The van der Waals surface area contributed by atoms with Gasteiger partial charge in [0.1, 0.15) is 11.4 Å². The maximum absolute atomic E-state index is 13.8. The van der Waals surface area contributed by atoms with E-state index in [4.69, 9.17) is 9.47 Å². The maximum atomic E-state index is 13.8. The summed E-state index contributed by atoms with van der Waals surface area (Å²) in [5.74, 6) is 0.835. The summed E-state index contributed by atoms with van der Waals surface area (Å²) < 4.78 is 12.6. The summed E-state index contributed by atoms with van der Waals surface area (Å²) in [5.41, 5.74) is 4.05. The molecule has 3 aromatic rings. The van der Waals surface area contributed by atoms with Gasteiger partial charge in [0.25, 0.3) is 5.91 Å². The van der Waals surface area contributed by atoms with E-state index < -0.39 is 12.1 Å². The van der Waals surface area contributed by atoms with Crippen molar-refractivity contribution in [1.29, 1.82) is 0 Å². The molecule has 0 radical (unpaired) electrons. The smallest absolute Gasteiger partial charge is 0.255 e. The van der Waals surface area contributed by atoms with Crippen molar-refractivity contribution in [2.45, 2.75) is 88.5 Å². The molecule has 44 heavy (non-hydrogen) atoms. The second-order valence-electron chi connectivity index (χ2n) is 12.4. The van der Waals surface area contributed by atoms with Gasteiger partial charge in [-0.2, -0.15) is 0 Å². The van der Waals surface area contributed by atoms with Crippen molar-refractivity contribution in [1.82, 2.24) is 10.6 Å². The molecular weight excluding hydrogens is 554 g/mol. The van der Waals surface area contributed by atoms with Crippen LogP contribution in [0.2, 0.25) is 0 Å². The maximum Gasteiger partial charge on any atom is 0.255 e. The topological polar surface area (TPSA) is 109 Å². The minimum absolute atomic E-state index is 0.0388. The quantitative estimate of drug-likeness (QED) is 0.260. The van der Waals surface area contributed by atoms with Gasteiger partial charge in [0.05, 0.1) is 30.0 Å². The van der Waals surface area contributed by atoms with Gasteiger partial charge >= 0.3 is 0 Å². The zero-order chi connectivity index (χ0) is 30.5. The third-order valence-electron chi connectivity index (χ3n) is 9.26. The Bertz CT molecular complexity index is 1470. The lowest BCUT2D eigenvalue weighted by molar-refractivity contribution is -0.116. The van der Waals surface area contributed by atoms with Crippen LogP contribution in [0.1, 0.15) is 85.0 Å². The molecule has 3 aliphatic rings. The molecule has 0 bridgehead atoms. The number of carbonyl (C=O) groups excluding carboxylic acids is 2. The van der Waals surface area contributed by atoms with Crippen LogP contribution in [0.5, 0.6) is 11.5 Å². The Kier molecular flexibility index (Phi) is 9.19. The molecule has 0 saturated heterocycles. The first-order valence-corrected chi connectivity index (χ1v) is 16.1. The number of anilines is 1. The second-order valence-corrected chi connectivity index (χ2v) is 12.4. The highest BCUT2D eigenvalue weighted by Crippen LogP contribution is 2.47. The van der Waals surface area contributed by atoms with Crippen molar-refractivity contribution >= 4 is 17.5 Å². The fraction of sp³-hybridized carbons (Fsp3) is 0.444. The summed E-state index contributed by atoms with van der Waals surface area (Å²) in [5, 5.41) is 21.3. The van der Waals surface area contributed by atoms with Crippen molar-refractivity contribution in [3.63, 3.8) is 0 Å². The molecule has 8 nitrogen and oxygen atoms in total. The monoisotopic (exact) mass is 597 g/mol. The first-order chi connectivity index (χ1) is 21.4. The summed E-state index contributed by atoms with van der Waals surface area (Å²) in [6.45, 7) is 2.80. The molecule has 1 aliphatic carbocycles. The Morgan fingerprint density at radius 3 is 2.66 bits per heavy atom. The normalized spacial score (nSPS) is 20.1. The summed E-state index contributed by atoms with van der Waals surface area (Å²) in [6, 6.07) is 21.0. The Hall–Kier alpha value is -3.88. The molecule has 6 rings (SSSR count). The number of nitrogens with one attached hydrogen (secondary N) is 3. The Balaban J connectivity index is 1.22. The summed E-state index contributed by atoms with van der Waals surface area (Å²) >= 11 is 0. The number of carbonyl (C=O) groups is 2. The fourth-order valence-corrected chi connectivity index (χ4v) is 6.84. The minimum atomic E-state index is -0.870. The summed E-state index contributed by atoms with van der Waals surface area (Å²) in [6.07, 6.45) is 6.73. The number of rotatable bonds is 9. The Morgan fingerprint density at radius 1 is 1.05 bits per heavy atom. The standard InChI is InChI=1S/C36H43N3O5/c1-2-24-15-16-32-27(20-24)30(22-36(44-32)17-6-7-18-36)37-23-31(40)29(21-25-10-4-3-5-11-25)39-35(42)26-12-8-13-28-34(26)43-19-9-14-33(41)38-28/h3-5,8,10-13,15-16,20,29-31,37,40H,2,6-7,9,14,17-19,21-23H2,1H3,(H,38,41)(H,39,42)/t29-,30-,31+/m0/s1. The predicted molar refractivity (Wildman–Crippen MR) is 170 cm³/mol. The van der Waals surface area contributed by atoms with E-state index in [0.717, 1.165) is 42.6 Å². The van der Waals surface area contributed by atoms with E-state index in [1.807, 2.05) is 30.3 Å². The summed E-state index contributed by atoms with van der Waals surface area (Å²) in [4.78, 5) is 26.0. The molecule has 3 aromatic carbocycles. The SMILES string of the molecule is CCc1ccc2c(c1)[C@@H](NC[C@@H](O)[C@H](Cc1ccccc1)NC(=O)c1cccc3c1OCCCC(=O)N3)CC1(CCCC1)O2. The van der Waals surface area contributed by atoms with E-state index in [1.165, 1.54) is 18.4 Å².